The highest BCUT2D eigenvalue weighted by Crippen LogP contribution is 2.42. The number of pyridine rings is 1. The number of ether oxygens (including phenoxy) is 3. The first-order valence-corrected chi connectivity index (χ1v) is 5.48. The number of aromatic nitrogens is 1. The SMILES string of the molecule is COc1cc2c(cc1-c1ncccc1N)OCO2. The summed E-state index contributed by atoms with van der Waals surface area (Å²) >= 11 is 0. The van der Waals surface area contributed by atoms with Crippen molar-refractivity contribution in [1.82, 2.24) is 4.98 Å². The fraction of sp³-hybridized carbons (Fsp3) is 0.154. The predicted octanol–water partition coefficient (Wildman–Crippen LogP) is 2.07. The maximum absolute atomic E-state index is 5.93. The van der Waals surface area contributed by atoms with Crippen LogP contribution in [-0.4, -0.2) is 18.9 Å². The zero-order chi connectivity index (χ0) is 12.5. The Morgan fingerprint density at radius 3 is 2.78 bits per heavy atom. The van der Waals surface area contributed by atoms with E-state index >= 15 is 0 Å². The van der Waals surface area contributed by atoms with E-state index in [9.17, 15) is 0 Å². The van der Waals surface area contributed by atoms with Crippen LogP contribution >= 0.6 is 0 Å². The third-order valence-electron chi connectivity index (χ3n) is 2.79. The Morgan fingerprint density at radius 2 is 2.06 bits per heavy atom. The topological polar surface area (TPSA) is 66.6 Å². The molecule has 1 aliphatic rings. The number of methoxy groups -OCH3 is 1. The Kier molecular flexibility index (Phi) is 2.44. The van der Waals surface area contributed by atoms with Crippen LogP contribution in [0.3, 0.4) is 0 Å². The summed E-state index contributed by atoms with van der Waals surface area (Å²) in [5.74, 6) is 2.01. The molecule has 0 atom stereocenters. The van der Waals surface area contributed by atoms with E-state index < -0.39 is 0 Å². The standard InChI is InChI=1S/C13H12N2O3/c1-16-10-6-12-11(17-7-18-12)5-8(10)13-9(14)3-2-4-15-13/h2-6H,7,14H2,1H3. The molecular formula is C13H12N2O3. The van der Waals surface area contributed by atoms with Crippen LogP contribution in [0.5, 0.6) is 17.2 Å². The van der Waals surface area contributed by atoms with Gasteiger partial charge in [0.25, 0.3) is 0 Å². The van der Waals surface area contributed by atoms with Crippen LogP contribution in [0.1, 0.15) is 0 Å². The molecule has 0 unspecified atom stereocenters. The van der Waals surface area contributed by atoms with Crippen LogP contribution in [0, 0.1) is 0 Å². The van der Waals surface area contributed by atoms with Crippen molar-refractivity contribution in [2.24, 2.45) is 0 Å². The predicted molar refractivity (Wildman–Crippen MR) is 66.8 cm³/mol. The average Bonchev–Trinajstić information content (AvgIpc) is 2.85. The van der Waals surface area contributed by atoms with Crippen LogP contribution in [0.2, 0.25) is 0 Å². The minimum atomic E-state index is 0.222. The molecule has 92 valence electrons. The van der Waals surface area contributed by atoms with Gasteiger partial charge in [-0.2, -0.15) is 0 Å². The second-order valence-corrected chi connectivity index (χ2v) is 3.85. The summed E-state index contributed by atoms with van der Waals surface area (Å²) < 4.78 is 16.0. The monoisotopic (exact) mass is 244 g/mol. The molecule has 1 aromatic carbocycles. The number of nitrogens with zero attached hydrogens (tertiary/aromatic N) is 1. The first-order chi connectivity index (χ1) is 8.79. The zero-order valence-corrected chi connectivity index (χ0v) is 9.84. The van der Waals surface area contributed by atoms with Crippen LogP contribution < -0.4 is 19.9 Å². The molecule has 2 N–H and O–H groups in total. The van der Waals surface area contributed by atoms with E-state index in [1.165, 1.54) is 0 Å². The summed E-state index contributed by atoms with van der Waals surface area (Å²) in [6.45, 7) is 0.222. The van der Waals surface area contributed by atoms with Crippen LogP contribution in [0.25, 0.3) is 11.3 Å². The number of hydrogen-bond donors (Lipinski definition) is 1. The lowest BCUT2D eigenvalue weighted by atomic mass is 10.1. The second-order valence-electron chi connectivity index (χ2n) is 3.85. The van der Waals surface area contributed by atoms with Gasteiger partial charge in [0, 0.05) is 17.8 Å². The number of nitrogen functional groups attached to an aromatic ring is 1. The normalized spacial score (nSPS) is 12.5. The minimum absolute atomic E-state index is 0.222. The third-order valence-corrected chi connectivity index (χ3v) is 2.79. The highest BCUT2D eigenvalue weighted by atomic mass is 16.7. The molecule has 0 fully saturated rings. The van der Waals surface area contributed by atoms with Gasteiger partial charge in [-0.15, -0.1) is 0 Å². The van der Waals surface area contributed by atoms with Crippen molar-refractivity contribution in [2.45, 2.75) is 0 Å². The van der Waals surface area contributed by atoms with Crippen molar-refractivity contribution >= 4 is 5.69 Å². The molecule has 0 radical (unpaired) electrons. The maximum Gasteiger partial charge on any atom is 0.231 e. The van der Waals surface area contributed by atoms with E-state index in [1.807, 2.05) is 6.07 Å². The summed E-state index contributed by atoms with van der Waals surface area (Å²) in [6.07, 6.45) is 1.69. The van der Waals surface area contributed by atoms with Crippen molar-refractivity contribution in [2.75, 3.05) is 19.6 Å². The fourth-order valence-corrected chi connectivity index (χ4v) is 1.92. The Hall–Kier alpha value is -2.43. The number of nitrogens with two attached hydrogens (primary N) is 1. The van der Waals surface area contributed by atoms with E-state index in [-0.39, 0.29) is 6.79 Å². The molecular weight excluding hydrogens is 232 g/mol. The zero-order valence-electron chi connectivity index (χ0n) is 9.84. The van der Waals surface area contributed by atoms with Gasteiger partial charge in [-0.05, 0) is 18.2 Å². The Bertz CT molecular complexity index is 599. The van der Waals surface area contributed by atoms with Crippen molar-refractivity contribution in [3.8, 4) is 28.5 Å². The molecule has 1 aliphatic heterocycles. The lowest BCUT2D eigenvalue weighted by molar-refractivity contribution is 0.174. The number of benzene rings is 1. The lowest BCUT2D eigenvalue weighted by Crippen LogP contribution is -1.95. The maximum atomic E-state index is 5.93. The van der Waals surface area contributed by atoms with Gasteiger partial charge in [0.1, 0.15) is 5.75 Å². The molecule has 5 nitrogen and oxygen atoms in total. The van der Waals surface area contributed by atoms with E-state index in [0.717, 1.165) is 5.56 Å². The molecule has 0 saturated heterocycles. The van der Waals surface area contributed by atoms with Crippen LogP contribution in [-0.2, 0) is 0 Å². The average molecular weight is 244 g/mol. The highest BCUT2D eigenvalue weighted by molar-refractivity contribution is 5.79. The molecule has 0 spiro atoms. The largest absolute Gasteiger partial charge is 0.496 e. The van der Waals surface area contributed by atoms with Gasteiger partial charge in [0.05, 0.1) is 18.5 Å². The van der Waals surface area contributed by atoms with Gasteiger partial charge in [-0.25, -0.2) is 0 Å². The van der Waals surface area contributed by atoms with Gasteiger partial charge in [0.15, 0.2) is 11.5 Å². The van der Waals surface area contributed by atoms with Crippen molar-refractivity contribution in [3.05, 3.63) is 30.5 Å². The van der Waals surface area contributed by atoms with Crippen molar-refractivity contribution in [3.63, 3.8) is 0 Å². The van der Waals surface area contributed by atoms with Crippen molar-refractivity contribution < 1.29 is 14.2 Å². The van der Waals surface area contributed by atoms with Gasteiger partial charge < -0.3 is 19.9 Å². The van der Waals surface area contributed by atoms with Gasteiger partial charge in [0.2, 0.25) is 6.79 Å². The fourth-order valence-electron chi connectivity index (χ4n) is 1.92. The molecule has 5 heteroatoms. The summed E-state index contributed by atoms with van der Waals surface area (Å²) in [4.78, 5) is 4.28. The minimum Gasteiger partial charge on any atom is -0.496 e. The molecule has 1 aromatic heterocycles. The van der Waals surface area contributed by atoms with Crippen molar-refractivity contribution in [1.29, 1.82) is 0 Å². The van der Waals surface area contributed by atoms with E-state index in [4.69, 9.17) is 19.9 Å². The van der Waals surface area contributed by atoms with E-state index in [1.54, 1.807) is 31.5 Å². The number of rotatable bonds is 2. The third kappa shape index (κ3) is 1.60. The molecule has 0 saturated carbocycles. The summed E-state index contributed by atoms with van der Waals surface area (Å²) in [6, 6.07) is 7.20. The molecule has 3 rings (SSSR count). The van der Waals surface area contributed by atoms with E-state index in [0.29, 0.717) is 28.6 Å². The molecule has 18 heavy (non-hydrogen) atoms. The lowest BCUT2D eigenvalue weighted by Gasteiger charge is -2.10. The first-order valence-electron chi connectivity index (χ1n) is 5.48. The number of hydrogen-bond acceptors (Lipinski definition) is 5. The quantitative estimate of drug-likeness (QED) is 0.875. The number of anilines is 1. The number of fused-ring (bicyclic) bond motifs is 1. The summed E-state index contributed by atoms with van der Waals surface area (Å²) in [7, 11) is 1.60. The van der Waals surface area contributed by atoms with Gasteiger partial charge >= 0.3 is 0 Å². The van der Waals surface area contributed by atoms with Gasteiger partial charge in [-0.1, -0.05) is 0 Å². The molecule has 2 heterocycles. The second kappa shape index (κ2) is 4.10. The molecule has 0 bridgehead atoms. The summed E-state index contributed by atoms with van der Waals surface area (Å²) in [5.41, 5.74) is 7.99. The van der Waals surface area contributed by atoms with Gasteiger partial charge in [-0.3, -0.25) is 4.98 Å². The smallest absolute Gasteiger partial charge is 0.231 e. The first kappa shape index (κ1) is 10.7. The molecule has 2 aromatic rings. The van der Waals surface area contributed by atoms with Crippen LogP contribution in [0.15, 0.2) is 30.5 Å². The van der Waals surface area contributed by atoms with Crippen LogP contribution in [0.4, 0.5) is 5.69 Å². The Balaban J connectivity index is 2.20. The molecule has 0 amide bonds. The Morgan fingerprint density at radius 1 is 1.28 bits per heavy atom. The Labute approximate surface area is 104 Å². The van der Waals surface area contributed by atoms with E-state index in [2.05, 4.69) is 4.98 Å². The molecule has 0 aliphatic carbocycles. The highest BCUT2D eigenvalue weighted by Gasteiger charge is 2.20. The summed E-state index contributed by atoms with van der Waals surface area (Å²) in [5, 5.41) is 0.